The van der Waals surface area contributed by atoms with Gasteiger partial charge in [-0.1, -0.05) is 0 Å². The van der Waals surface area contributed by atoms with Gasteiger partial charge in [0.1, 0.15) is 5.82 Å². The van der Waals surface area contributed by atoms with E-state index in [9.17, 15) is 4.79 Å². The summed E-state index contributed by atoms with van der Waals surface area (Å²) in [6.07, 6.45) is 1.60. The molecule has 0 spiro atoms. The van der Waals surface area contributed by atoms with Crippen LogP contribution in [0.25, 0.3) is 0 Å². The summed E-state index contributed by atoms with van der Waals surface area (Å²) in [5, 5.41) is 3.16. The molecule has 0 saturated carbocycles. The number of nitrogens with two attached hydrogens (primary N) is 1. The lowest BCUT2D eigenvalue weighted by molar-refractivity contribution is 0.0601. The Hall–Kier alpha value is -2.56. The lowest BCUT2D eigenvalue weighted by atomic mass is 10.2. The van der Waals surface area contributed by atoms with Crippen LogP contribution in [0.2, 0.25) is 0 Å². The number of carbonyl (C=O) groups is 1. The van der Waals surface area contributed by atoms with E-state index in [1.807, 2.05) is 13.0 Å². The molecule has 0 amide bonds. The second-order valence-corrected chi connectivity index (χ2v) is 4.13. The van der Waals surface area contributed by atoms with Gasteiger partial charge in [-0.15, -0.1) is 0 Å². The van der Waals surface area contributed by atoms with Crippen LogP contribution in [0.5, 0.6) is 0 Å². The summed E-state index contributed by atoms with van der Waals surface area (Å²) in [5.74, 6) is 0.383. The summed E-state index contributed by atoms with van der Waals surface area (Å²) >= 11 is 0. The molecule has 5 nitrogen and oxygen atoms in total. The standard InChI is InChI=1S/C14H15N3O2/c1-9-7-11(15)8-16-13(9)17-12-5-3-10(4-6-12)14(18)19-2/h3-8H,15H2,1-2H3,(H,16,17). The molecular formula is C14H15N3O2. The molecule has 0 radical (unpaired) electrons. The van der Waals surface area contributed by atoms with Gasteiger partial charge in [0.05, 0.1) is 24.6 Å². The zero-order valence-electron chi connectivity index (χ0n) is 10.8. The largest absolute Gasteiger partial charge is 0.465 e. The fourth-order valence-corrected chi connectivity index (χ4v) is 1.67. The number of ether oxygens (including phenoxy) is 1. The number of nitrogen functional groups attached to an aromatic ring is 1. The first-order chi connectivity index (χ1) is 9.10. The summed E-state index contributed by atoms with van der Waals surface area (Å²) < 4.78 is 4.64. The van der Waals surface area contributed by atoms with Crippen LogP contribution in [-0.4, -0.2) is 18.1 Å². The third-order valence-electron chi connectivity index (χ3n) is 2.67. The van der Waals surface area contributed by atoms with E-state index >= 15 is 0 Å². The van der Waals surface area contributed by atoms with Crippen molar-refractivity contribution in [1.29, 1.82) is 0 Å². The maximum absolute atomic E-state index is 11.3. The van der Waals surface area contributed by atoms with Crippen LogP contribution in [-0.2, 0) is 4.74 Å². The highest BCUT2D eigenvalue weighted by Gasteiger charge is 2.05. The molecule has 1 aromatic heterocycles. The van der Waals surface area contributed by atoms with Gasteiger partial charge >= 0.3 is 5.97 Å². The predicted molar refractivity (Wildman–Crippen MR) is 74.5 cm³/mol. The van der Waals surface area contributed by atoms with Crippen LogP contribution in [0.3, 0.4) is 0 Å². The number of esters is 1. The molecule has 0 atom stereocenters. The van der Waals surface area contributed by atoms with E-state index in [2.05, 4.69) is 15.0 Å². The van der Waals surface area contributed by atoms with Crippen molar-refractivity contribution in [2.45, 2.75) is 6.92 Å². The molecular weight excluding hydrogens is 242 g/mol. The van der Waals surface area contributed by atoms with Crippen molar-refractivity contribution in [3.8, 4) is 0 Å². The highest BCUT2D eigenvalue weighted by Crippen LogP contribution is 2.20. The van der Waals surface area contributed by atoms with Gasteiger partial charge in [-0.05, 0) is 42.8 Å². The fourth-order valence-electron chi connectivity index (χ4n) is 1.67. The van der Waals surface area contributed by atoms with Crippen LogP contribution < -0.4 is 11.1 Å². The first-order valence-corrected chi connectivity index (χ1v) is 5.77. The highest BCUT2D eigenvalue weighted by atomic mass is 16.5. The third kappa shape index (κ3) is 3.01. The lowest BCUT2D eigenvalue weighted by Gasteiger charge is -2.09. The zero-order valence-corrected chi connectivity index (χ0v) is 10.8. The van der Waals surface area contributed by atoms with Crippen molar-refractivity contribution in [3.05, 3.63) is 47.7 Å². The summed E-state index contributed by atoms with van der Waals surface area (Å²) in [7, 11) is 1.36. The summed E-state index contributed by atoms with van der Waals surface area (Å²) in [5.41, 5.74) is 8.58. The van der Waals surface area contributed by atoms with Gasteiger partial charge in [-0.2, -0.15) is 0 Å². The van der Waals surface area contributed by atoms with Crippen molar-refractivity contribution in [1.82, 2.24) is 4.98 Å². The van der Waals surface area contributed by atoms with Crippen LogP contribution in [0.1, 0.15) is 15.9 Å². The molecule has 19 heavy (non-hydrogen) atoms. The average Bonchev–Trinajstić information content (AvgIpc) is 2.42. The molecule has 2 rings (SSSR count). The Balaban J connectivity index is 2.17. The maximum atomic E-state index is 11.3. The topological polar surface area (TPSA) is 77.2 Å². The normalized spacial score (nSPS) is 10.0. The van der Waals surface area contributed by atoms with Crippen LogP contribution in [0.4, 0.5) is 17.2 Å². The molecule has 98 valence electrons. The fraction of sp³-hybridized carbons (Fsp3) is 0.143. The van der Waals surface area contributed by atoms with Gasteiger partial charge in [0, 0.05) is 5.69 Å². The minimum Gasteiger partial charge on any atom is -0.465 e. The van der Waals surface area contributed by atoms with E-state index in [1.165, 1.54) is 7.11 Å². The van der Waals surface area contributed by atoms with E-state index < -0.39 is 0 Å². The van der Waals surface area contributed by atoms with Gasteiger partial charge in [0.15, 0.2) is 0 Å². The van der Waals surface area contributed by atoms with Gasteiger partial charge in [-0.3, -0.25) is 0 Å². The second kappa shape index (κ2) is 5.39. The van der Waals surface area contributed by atoms with E-state index in [0.717, 1.165) is 17.1 Å². The number of pyridine rings is 1. The zero-order chi connectivity index (χ0) is 13.8. The van der Waals surface area contributed by atoms with Crippen molar-refractivity contribution in [3.63, 3.8) is 0 Å². The predicted octanol–water partition coefficient (Wildman–Crippen LogP) is 2.50. The Morgan fingerprint density at radius 2 is 2.00 bits per heavy atom. The minimum absolute atomic E-state index is 0.353. The number of aryl methyl sites for hydroxylation is 1. The Morgan fingerprint density at radius 3 is 2.58 bits per heavy atom. The van der Waals surface area contributed by atoms with Crippen LogP contribution in [0, 0.1) is 6.92 Å². The molecule has 3 N–H and O–H groups in total. The smallest absolute Gasteiger partial charge is 0.337 e. The van der Waals surface area contributed by atoms with Crippen molar-refractivity contribution < 1.29 is 9.53 Å². The van der Waals surface area contributed by atoms with Crippen LogP contribution >= 0.6 is 0 Å². The number of nitrogens with zero attached hydrogens (tertiary/aromatic N) is 1. The van der Waals surface area contributed by atoms with E-state index in [0.29, 0.717) is 11.3 Å². The molecule has 0 bridgehead atoms. The molecule has 0 unspecified atom stereocenters. The molecule has 0 aliphatic carbocycles. The number of hydrogen-bond donors (Lipinski definition) is 2. The van der Waals surface area contributed by atoms with Crippen molar-refractivity contribution in [2.75, 3.05) is 18.2 Å². The highest BCUT2D eigenvalue weighted by molar-refractivity contribution is 5.89. The Labute approximate surface area is 111 Å². The third-order valence-corrected chi connectivity index (χ3v) is 2.67. The summed E-state index contributed by atoms with van der Waals surface area (Å²) in [6, 6.07) is 8.83. The molecule has 2 aromatic rings. The van der Waals surface area contributed by atoms with E-state index in [-0.39, 0.29) is 5.97 Å². The maximum Gasteiger partial charge on any atom is 0.337 e. The molecule has 0 aliphatic heterocycles. The minimum atomic E-state index is -0.353. The molecule has 1 aromatic carbocycles. The quantitative estimate of drug-likeness (QED) is 0.826. The molecule has 0 saturated heterocycles. The number of anilines is 3. The lowest BCUT2D eigenvalue weighted by Crippen LogP contribution is -2.02. The Kier molecular flexibility index (Phi) is 3.66. The van der Waals surface area contributed by atoms with Gasteiger partial charge < -0.3 is 15.8 Å². The first-order valence-electron chi connectivity index (χ1n) is 5.77. The van der Waals surface area contributed by atoms with Crippen molar-refractivity contribution >= 4 is 23.2 Å². The number of methoxy groups -OCH3 is 1. The van der Waals surface area contributed by atoms with Gasteiger partial charge in [-0.25, -0.2) is 9.78 Å². The number of rotatable bonds is 3. The monoisotopic (exact) mass is 257 g/mol. The van der Waals surface area contributed by atoms with Crippen molar-refractivity contribution in [2.24, 2.45) is 0 Å². The first kappa shape index (κ1) is 12.9. The molecule has 5 heteroatoms. The summed E-state index contributed by atoms with van der Waals surface area (Å²) in [4.78, 5) is 15.5. The average molecular weight is 257 g/mol. The molecule has 0 fully saturated rings. The van der Waals surface area contributed by atoms with E-state index in [4.69, 9.17) is 5.73 Å². The number of hydrogen-bond acceptors (Lipinski definition) is 5. The number of aromatic nitrogens is 1. The Bertz CT molecular complexity index is 594. The summed E-state index contributed by atoms with van der Waals surface area (Å²) in [6.45, 7) is 1.93. The molecule has 0 aliphatic rings. The number of carbonyl (C=O) groups excluding carboxylic acids is 1. The van der Waals surface area contributed by atoms with Gasteiger partial charge in [0.25, 0.3) is 0 Å². The van der Waals surface area contributed by atoms with E-state index in [1.54, 1.807) is 30.5 Å². The second-order valence-electron chi connectivity index (χ2n) is 4.13. The Morgan fingerprint density at radius 1 is 1.32 bits per heavy atom. The SMILES string of the molecule is COC(=O)c1ccc(Nc2ncc(N)cc2C)cc1. The number of benzene rings is 1. The number of nitrogens with one attached hydrogen (secondary N) is 1. The van der Waals surface area contributed by atoms with Crippen LogP contribution in [0.15, 0.2) is 36.5 Å². The molecule has 1 heterocycles. The van der Waals surface area contributed by atoms with Gasteiger partial charge in [0.2, 0.25) is 0 Å².